The van der Waals surface area contributed by atoms with Gasteiger partial charge in [-0.3, -0.25) is 4.84 Å². The largest absolute Gasteiger partial charge is 0.341 e. The number of rotatable bonds is 6. The fraction of sp³-hybridized carbons (Fsp3) is 0.429. The molecule has 0 atom stereocenters. The zero-order chi connectivity index (χ0) is 15.2. The first-order valence-corrected chi connectivity index (χ1v) is 6.59. The molecule has 0 aliphatic carbocycles. The van der Waals surface area contributed by atoms with Crippen LogP contribution in [0, 0.1) is 5.41 Å². The maximum atomic E-state index is 11.8. The third-order valence-corrected chi connectivity index (χ3v) is 2.99. The molecule has 110 valence electrons. The van der Waals surface area contributed by atoms with Crippen LogP contribution in [0.2, 0.25) is 5.02 Å². The van der Waals surface area contributed by atoms with Crippen LogP contribution in [0.1, 0.15) is 19.4 Å². The fourth-order valence-corrected chi connectivity index (χ4v) is 1.56. The van der Waals surface area contributed by atoms with Gasteiger partial charge in [0.15, 0.2) is 0 Å². The number of amides is 2. The number of nitrogens with one attached hydrogen (secondary N) is 1. The summed E-state index contributed by atoms with van der Waals surface area (Å²) in [5, 5.41) is 4.20. The summed E-state index contributed by atoms with van der Waals surface area (Å²) in [4.78, 5) is 28.1. The highest BCUT2D eigenvalue weighted by Crippen LogP contribution is 2.19. The van der Waals surface area contributed by atoms with Crippen molar-refractivity contribution in [3.63, 3.8) is 0 Å². The minimum Gasteiger partial charge on any atom is -0.339 e. The monoisotopic (exact) mass is 298 g/mol. The third kappa shape index (κ3) is 4.83. The van der Waals surface area contributed by atoms with Crippen molar-refractivity contribution in [1.29, 1.82) is 0 Å². The predicted octanol–water partition coefficient (Wildman–Crippen LogP) is 2.64. The number of carbonyl (C=O) groups is 2. The van der Waals surface area contributed by atoms with Crippen LogP contribution in [-0.2, 0) is 16.2 Å². The van der Waals surface area contributed by atoms with E-state index in [1.54, 1.807) is 19.9 Å². The van der Waals surface area contributed by atoms with Crippen molar-refractivity contribution in [2.45, 2.75) is 20.4 Å². The summed E-state index contributed by atoms with van der Waals surface area (Å²) >= 11 is 6.06. The second kappa shape index (κ2) is 7.26. The Hall–Kier alpha value is -1.59. The summed E-state index contributed by atoms with van der Waals surface area (Å²) in [5.41, 5.74) is 0.105. The molecule has 1 rings (SSSR count). The van der Waals surface area contributed by atoms with Crippen molar-refractivity contribution in [3.8, 4) is 0 Å². The second-order valence-corrected chi connectivity index (χ2v) is 5.47. The van der Waals surface area contributed by atoms with Gasteiger partial charge in [-0.1, -0.05) is 43.6 Å². The number of nitrogens with zero attached hydrogens (tertiary/aromatic N) is 1. The van der Waals surface area contributed by atoms with Crippen molar-refractivity contribution >= 4 is 23.9 Å². The number of hydroxylamine groups is 2. The minimum absolute atomic E-state index is 0.106. The van der Waals surface area contributed by atoms with Gasteiger partial charge in [0.05, 0.1) is 13.2 Å². The smallest absolute Gasteiger partial charge is 0.339 e. The molecule has 0 saturated heterocycles. The lowest BCUT2D eigenvalue weighted by Gasteiger charge is -2.25. The van der Waals surface area contributed by atoms with Gasteiger partial charge in [-0.05, 0) is 11.6 Å². The molecular weight excluding hydrogens is 280 g/mol. The van der Waals surface area contributed by atoms with Crippen molar-refractivity contribution < 1.29 is 14.4 Å². The van der Waals surface area contributed by atoms with Crippen molar-refractivity contribution in [2.75, 3.05) is 13.7 Å². The Morgan fingerprint density at radius 1 is 1.45 bits per heavy atom. The molecule has 6 heteroatoms. The zero-order valence-corrected chi connectivity index (χ0v) is 12.6. The standard InChI is InChI=1S/C14H19ClN2O3/c1-14(2,9-18)10-20-17(13(19)16-3)8-11-6-4-5-7-12(11)15/h4-7,9H,8,10H2,1-3H3,(H,16,19). The van der Waals surface area contributed by atoms with E-state index < -0.39 is 11.4 Å². The average molecular weight is 299 g/mol. The van der Waals surface area contributed by atoms with E-state index in [9.17, 15) is 9.59 Å². The highest BCUT2D eigenvalue weighted by atomic mass is 35.5. The number of hydrogen-bond acceptors (Lipinski definition) is 3. The molecule has 1 aromatic rings. The number of aldehydes is 1. The van der Waals surface area contributed by atoms with Crippen LogP contribution in [-0.4, -0.2) is 31.0 Å². The lowest BCUT2D eigenvalue weighted by molar-refractivity contribution is -0.153. The predicted molar refractivity (Wildman–Crippen MR) is 77.2 cm³/mol. The summed E-state index contributed by atoms with van der Waals surface area (Å²) in [7, 11) is 1.51. The van der Waals surface area contributed by atoms with Crippen LogP contribution in [0.4, 0.5) is 4.79 Å². The Bertz CT molecular complexity index is 477. The van der Waals surface area contributed by atoms with Crippen LogP contribution in [0.15, 0.2) is 24.3 Å². The first kappa shape index (κ1) is 16.5. The van der Waals surface area contributed by atoms with Crippen LogP contribution in [0.3, 0.4) is 0 Å². The van der Waals surface area contributed by atoms with Gasteiger partial charge in [0.25, 0.3) is 0 Å². The SMILES string of the molecule is CNC(=O)N(Cc1ccccc1Cl)OCC(C)(C)C=O. The van der Waals surface area contributed by atoms with Gasteiger partial charge in [-0.15, -0.1) is 0 Å². The maximum Gasteiger partial charge on any atom is 0.341 e. The molecule has 0 unspecified atom stereocenters. The van der Waals surface area contributed by atoms with Crippen LogP contribution in [0.25, 0.3) is 0 Å². The Morgan fingerprint density at radius 2 is 2.10 bits per heavy atom. The Kier molecular flexibility index (Phi) is 5.98. The number of carbonyl (C=O) groups excluding carboxylic acids is 2. The van der Waals surface area contributed by atoms with Gasteiger partial charge in [0.1, 0.15) is 6.29 Å². The molecule has 0 saturated carbocycles. The van der Waals surface area contributed by atoms with E-state index in [1.165, 1.54) is 7.05 Å². The zero-order valence-electron chi connectivity index (χ0n) is 11.9. The van der Waals surface area contributed by atoms with Crippen molar-refractivity contribution in [3.05, 3.63) is 34.9 Å². The Balaban J connectivity index is 2.78. The average Bonchev–Trinajstić information content (AvgIpc) is 2.44. The molecule has 0 aliphatic heterocycles. The molecule has 1 N–H and O–H groups in total. The molecule has 0 radical (unpaired) electrons. The Morgan fingerprint density at radius 3 is 2.65 bits per heavy atom. The summed E-state index contributed by atoms with van der Waals surface area (Å²) in [6.45, 7) is 3.78. The minimum atomic E-state index is -0.660. The summed E-state index contributed by atoms with van der Waals surface area (Å²) in [6.07, 6.45) is 0.796. The highest BCUT2D eigenvalue weighted by Gasteiger charge is 2.22. The molecule has 20 heavy (non-hydrogen) atoms. The normalized spacial score (nSPS) is 11.0. The van der Waals surface area contributed by atoms with E-state index in [0.717, 1.165) is 16.9 Å². The molecule has 0 fully saturated rings. The molecule has 2 amide bonds. The maximum absolute atomic E-state index is 11.8. The van der Waals surface area contributed by atoms with E-state index in [4.69, 9.17) is 16.4 Å². The highest BCUT2D eigenvalue weighted by molar-refractivity contribution is 6.31. The van der Waals surface area contributed by atoms with Gasteiger partial charge in [0, 0.05) is 17.5 Å². The van der Waals surface area contributed by atoms with Crippen LogP contribution in [0.5, 0.6) is 0 Å². The van der Waals surface area contributed by atoms with E-state index in [2.05, 4.69) is 5.32 Å². The van der Waals surface area contributed by atoms with E-state index >= 15 is 0 Å². The Labute approximate surface area is 123 Å². The van der Waals surface area contributed by atoms with Gasteiger partial charge < -0.3 is 10.1 Å². The van der Waals surface area contributed by atoms with Crippen molar-refractivity contribution in [2.24, 2.45) is 5.41 Å². The topological polar surface area (TPSA) is 58.6 Å². The molecular formula is C14H19ClN2O3. The molecule has 1 aromatic carbocycles. The molecule has 0 spiro atoms. The quantitative estimate of drug-likeness (QED) is 0.649. The van der Waals surface area contributed by atoms with Crippen molar-refractivity contribution in [1.82, 2.24) is 10.4 Å². The van der Waals surface area contributed by atoms with Crippen LogP contribution >= 0.6 is 11.6 Å². The molecule has 5 nitrogen and oxygen atoms in total. The van der Waals surface area contributed by atoms with Gasteiger partial charge >= 0.3 is 6.03 Å². The lowest BCUT2D eigenvalue weighted by atomic mass is 9.98. The van der Waals surface area contributed by atoms with Crippen LogP contribution < -0.4 is 5.32 Å². The number of hydrogen-bond donors (Lipinski definition) is 1. The first-order chi connectivity index (χ1) is 9.39. The fourth-order valence-electron chi connectivity index (χ4n) is 1.36. The summed E-state index contributed by atoms with van der Waals surface area (Å²) in [6, 6.07) is 6.80. The molecule has 0 heterocycles. The number of benzene rings is 1. The second-order valence-electron chi connectivity index (χ2n) is 5.06. The summed E-state index contributed by atoms with van der Waals surface area (Å²) in [5.74, 6) is 0. The van der Waals surface area contributed by atoms with Gasteiger partial charge in [-0.2, -0.15) is 5.06 Å². The molecule has 0 bridgehead atoms. The lowest BCUT2D eigenvalue weighted by Crippen LogP contribution is -2.40. The molecule has 0 aromatic heterocycles. The number of halogens is 1. The number of urea groups is 1. The van der Waals surface area contributed by atoms with E-state index in [-0.39, 0.29) is 13.2 Å². The van der Waals surface area contributed by atoms with Gasteiger partial charge in [0.2, 0.25) is 0 Å². The third-order valence-electron chi connectivity index (χ3n) is 2.62. The van der Waals surface area contributed by atoms with E-state index in [1.807, 2.05) is 18.2 Å². The van der Waals surface area contributed by atoms with E-state index in [0.29, 0.717) is 5.02 Å². The first-order valence-electron chi connectivity index (χ1n) is 6.21. The summed E-state index contributed by atoms with van der Waals surface area (Å²) < 4.78 is 0. The van der Waals surface area contributed by atoms with Gasteiger partial charge in [-0.25, -0.2) is 4.79 Å². The molecule has 0 aliphatic rings.